The Labute approximate surface area is 190 Å². The van der Waals surface area contributed by atoms with Crippen LogP contribution in [0, 0.1) is 5.92 Å². The van der Waals surface area contributed by atoms with Crippen LogP contribution in [-0.2, 0) is 6.42 Å². The molecule has 1 fully saturated rings. The van der Waals surface area contributed by atoms with Gasteiger partial charge in [0.1, 0.15) is 5.75 Å². The molecule has 7 nitrogen and oxygen atoms in total. The zero-order chi connectivity index (χ0) is 22.3. The second-order valence-electron chi connectivity index (χ2n) is 8.45. The zero-order valence-corrected chi connectivity index (χ0v) is 19.0. The summed E-state index contributed by atoms with van der Waals surface area (Å²) in [6, 6.07) is 13.7. The number of ether oxygens (including phenoxy) is 3. The summed E-state index contributed by atoms with van der Waals surface area (Å²) in [5.41, 5.74) is 2.02. The number of carbonyl (C=O) groups is 1. The van der Waals surface area contributed by atoms with Gasteiger partial charge in [0.05, 0.1) is 7.11 Å². The van der Waals surface area contributed by atoms with Crippen LogP contribution in [0.3, 0.4) is 0 Å². The Morgan fingerprint density at radius 3 is 2.94 bits per heavy atom. The van der Waals surface area contributed by atoms with Crippen LogP contribution >= 0.6 is 0 Å². The van der Waals surface area contributed by atoms with Crippen molar-refractivity contribution >= 4 is 11.7 Å². The molecule has 2 heterocycles. The van der Waals surface area contributed by atoms with Gasteiger partial charge in [0, 0.05) is 37.9 Å². The number of methoxy groups -OCH3 is 1. The van der Waals surface area contributed by atoms with E-state index in [1.165, 1.54) is 12.0 Å². The molecule has 0 unspecified atom stereocenters. The van der Waals surface area contributed by atoms with Crippen LogP contribution in [0.5, 0.6) is 17.2 Å². The van der Waals surface area contributed by atoms with Gasteiger partial charge < -0.3 is 29.3 Å². The van der Waals surface area contributed by atoms with E-state index in [0.29, 0.717) is 24.0 Å². The number of fused-ring (bicyclic) bond motifs is 1. The zero-order valence-electron chi connectivity index (χ0n) is 19.0. The van der Waals surface area contributed by atoms with E-state index in [1.54, 1.807) is 7.11 Å². The molecule has 2 aliphatic rings. The van der Waals surface area contributed by atoms with E-state index in [-0.39, 0.29) is 12.8 Å². The van der Waals surface area contributed by atoms with E-state index >= 15 is 0 Å². The Kier molecular flexibility index (Phi) is 7.37. The van der Waals surface area contributed by atoms with Crippen LogP contribution in [0.25, 0.3) is 0 Å². The average molecular weight is 440 g/mol. The van der Waals surface area contributed by atoms with Crippen LogP contribution in [0.4, 0.5) is 10.5 Å². The lowest BCUT2D eigenvalue weighted by Crippen LogP contribution is -2.44. The summed E-state index contributed by atoms with van der Waals surface area (Å²) >= 11 is 0. The van der Waals surface area contributed by atoms with E-state index in [9.17, 15) is 4.79 Å². The standard InChI is InChI=1S/C25H33N3O4/c1-3-28(25(29)26-21-9-10-23-24(15-21)32-18-31-23)17-20-7-5-12-27(16-20)13-11-19-6-4-8-22(14-19)30-2/h4,6,8-10,14-15,20H,3,5,7,11-13,16-18H2,1-2H3,(H,26,29)/t20-/m0/s1. The fourth-order valence-corrected chi connectivity index (χ4v) is 4.46. The van der Waals surface area contributed by atoms with Crippen molar-refractivity contribution in [2.75, 3.05) is 51.9 Å². The molecule has 2 aromatic rings. The second kappa shape index (κ2) is 10.6. The molecule has 0 spiro atoms. The number of amides is 2. The predicted octanol–water partition coefficient (Wildman–Crippen LogP) is 4.23. The maximum absolute atomic E-state index is 12.9. The fourth-order valence-electron chi connectivity index (χ4n) is 4.46. The Morgan fingerprint density at radius 2 is 2.09 bits per heavy atom. The third-order valence-electron chi connectivity index (χ3n) is 6.23. The lowest BCUT2D eigenvalue weighted by Gasteiger charge is -2.35. The van der Waals surface area contributed by atoms with E-state index in [0.717, 1.165) is 50.5 Å². The van der Waals surface area contributed by atoms with Crippen molar-refractivity contribution in [3.63, 3.8) is 0 Å². The Balaban J connectivity index is 1.28. The summed E-state index contributed by atoms with van der Waals surface area (Å²) < 4.78 is 16.1. The molecule has 2 amide bonds. The number of anilines is 1. The van der Waals surface area contributed by atoms with Crippen molar-refractivity contribution < 1.29 is 19.0 Å². The molecule has 2 aromatic carbocycles. The summed E-state index contributed by atoms with van der Waals surface area (Å²) in [4.78, 5) is 17.3. The third kappa shape index (κ3) is 5.65. The van der Waals surface area contributed by atoms with Crippen molar-refractivity contribution in [1.29, 1.82) is 0 Å². The smallest absolute Gasteiger partial charge is 0.321 e. The maximum atomic E-state index is 12.9. The SMILES string of the molecule is CCN(C[C@H]1CCCN(CCc2cccc(OC)c2)C1)C(=O)Nc1ccc2c(c1)OCO2. The molecular weight excluding hydrogens is 406 g/mol. The number of nitrogens with zero attached hydrogens (tertiary/aromatic N) is 2. The average Bonchev–Trinajstić information content (AvgIpc) is 3.29. The van der Waals surface area contributed by atoms with Gasteiger partial charge in [-0.15, -0.1) is 0 Å². The van der Waals surface area contributed by atoms with Crippen LogP contribution < -0.4 is 19.5 Å². The van der Waals surface area contributed by atoms with Gasteiger partial charge in [-0.25, -0.2) is 4.79 Å². The van der Waals surface area contributed by atoms with E-state index in [1.807, 2.05) is 42.2 Å². The van der Waals surface area contributed by atoms with Crippen LogP contribution in [0.15, 0.2) is 42.5 Å². The Morgan fingerprint density at radius 1 is 1.22 bits per heavy atom. The largest absolute Gasteiger partial charge is 0.497 e. The summed E-state index contributed by atoms with van der Waals surface area (Å²) in [7, 11) is 1.70. The summed E-state index contributed by atoms with van der Waals surface area (Å²) in [6.45, 7) is 6.87. The first kappa shape index (κ1) is 22.3. The number of hydrogen-bond acceptors (Lipinski definition) is 5. The van der Waals surface area contributed by atoms with E-state index in [4.69, 9.17) is 14.2 Å². The van der Waals surface area contributed by atoms with E-state index < -0.39 is 0 Å². The number of likely N-dealkylation sites (tertiary alicyclic amines) is 1. The minimum absolute atomic E-state index is 0.0696. The van der Waals surface area contributed by atoms with Crippen LogP contribution in [0.2, 0.25) is 0 Å². The molecule has 0 saturated carbocycles. The second-order valence-corrected chi connectivity index (χ2v) is 8.45. The number of hydrogen-bond donors (Lipinski definition) is 1. The summed E-state index contributed by atoms with van der Waals surface area (Å²) in [5, 5.41) is 3.01. The first-order chi connectivity index (χ1) is 15.6. The van der Waals surface area contributed by atoms with Crippen molar-refractivity contribution in [3.8, 4) is 17.2 Å². The third-order valence-corrected chi connectivity index (χ3v) is 6.23. The highest BCUT2D eigenvalue weighted by molar-refractivity contribution is 5.89. The van der Waals surface area contributed by atoms with Gasteiger partial charge >= 0.3 is 6.03 Å². The molecule has 1 atom stereocenters. The molecule has 2 aliphatic heterocycles. The topological polar surface area (TPSA) is 63.3 Å². The number of urea groups is 1. The normalized spacial score (nSPS) is 17.8. The fraction of sp³-hybridized carbons (Fsp3) is 0.480. The molecule has 1 saturated heterocycles. The van der Waals surface area contributed by atoms with E-state index in [2.05, 4.69) is 22.3 Å². The lowest BCUT2D eigenvalue weighted by atomic mass is 9.97. The molecule has 7 heteroatoms. The quantitative estimate of drug-likeness (QED) is 0.667. The number of piperidine rings is 1. The van der Waals surface area contributed by atoms with Crippen molar-refractivity contribution in [3.05, 3.63) is 48.0 Å². The number of nitrogens with one attached hydrogen (secondary N) is 1. The minimum Gasteiger partial charge on any atom is -0.497 e. The highest BCUT2D eigenvalue weighted by Crippen LogP contribution is 2.34. The molecule has 0 radical (unpaired) electrons. The molecule has 1 N–H and O–H groups in total. The van der Waals surface area contributed by atoms with Gasteiger partial charge in [-0.2, -0.15) is 0 Å². The molecule has 0 bridgehead atoms. The first-order valence-corrected chi connectivity index (χ1v) is 11.5. The minimum atomic E-state index is -0.0696. The number of benzene rings is 2. The van der Waals surface area contributed by atoms with Gasteiger partial charge in [-0.1, -0.05) is 12.1 Å². The first-order valence-electron chi connectivity index (χ1n) is 11.5. The summed E-state index contributed by atoms with van der Waals surface area (Å²) in [6.07, 6.45) is 3.33. The van der Waals surface area contributed by atoms with Gasteiger partial charge in [-0.3, -0.25) is 0 Å². The van der Waals surface area contributed by atoms with Crippen molar-refractivity contribution in [2.24, 2.45) is 5.92 Å². The molecular formula is C25H33N3O4. The maximum Gasteiger partial charge on any atom is 0.321 e. The van der Waals surface area contributed by atoms with Crippen molar-refractivity contribution in [1.82, 2.24) is 9.80 Å². The molecule has 0 aliphatic carbocycles. The predicted molar refractivity (Wildman–Crippen MR) is 125 cm³/mol. The molecule has 0 aromatic heterocycles. The molecule has 172 valence electrons. The van der Waals surface area contributed by atoms with Crippen LogP contribution in [-0.4, -0.2) is 62.5 Å². The monoisotopic (exact) mass is 439 g/mol. The molecule has 4 rings (SSSR count). The van der Waals surface area contributed by atoms with Gasteiger partial charge in [-0.05, 0) is 68.5 Å². The van der Waals surface area contributed by atoms with Gasteiger partial charge in [0.25, 0.3) is 0 Å². The van der Waals surface area contributed by atoms with Gasteiger partial charge in [0.15, 0.2) is 11.5 Å². The highest BCUT2D eigenvalue weighted by Gasteiger charge is 2.24. The van der Waals surface area contributed by atoms with Crippen molar-refractivity contribution in [2.45, 2.75) is 26.2 Å². The number of rotatable bonds is 8. The number of carbonyl (C=O) groups excluding carboxylic acids is 1. The van der Waals surface area contributed by atoms with Crippen LogP contribution in [0.1, 0.15) is 25.3 Å². The Bertz CT molecular complexity index is 920. The Hall–Kier alpha value is -2.93. The molecule has 32 heavy (non-hydrogen) atoms. The van der Waals surface area contributed by atoms with Gasteiger partial charge in [0.2, 0.25) is 6.79 Å². The summed E-state index contributed by atoms with van der Waals surface area (Å²) in [5.74, 6) is 2.78. The highest BCUT2D eigenvalue weighted by atomic mass is 16.7. The lowest BCUT2D eigenvalue weighted by molar-refractivity contribution is 0.144.